The molecular formula is C16H24F2N2. The Morgan fingerprint density at radius 1 is 1.20 bits per heavy atom. The quantitative estimate of drug-likeness (QED) is 0.886. The third-order valence-electron chi connectivity index (χ3n) is 3.51. The van der Waals surface area contributed by atoms with E-state index in [9.17, 15) is 8.78 Å². The van der Waals surface area contributed by atoms with Gasteiger partial charge in [0.2, 0.25) is 0 Å². The van der Waals surface area contributed by atoms with Gasteiger partial charge in [0, 0.05) is 25.7 Å². The fourth-order valence-corrected chi connectivity index (χ4v) is 2.23. The Labute approximate surface area is 120 Å². The fourth-order valence-electron chi connectivity index (χ4n) is 2.23. The highest BCUT2D eigenvalue weighted by Crippen LogP contribution is 2.32. The minimum Gasteiger partial charge on any atom is -0.370 e. The summed E-state index contributed by atoms with van der Waals surface area (Å²) in [5.74, 6) is -0.348. The van der Waals surface area contributed by atoms with Crippen LogP contribution in [0.5, 0.6) is 0 Å². The molecule has 0 aromatic heterocycles. The average Bonchev–Trinajstić information content (AvgIpc) is 3.08. The molecule has 0 unspecified atom stereocenters. The van der Waals surface area contributed by atoms with E-state index in [4.69, 9.17) is 0 Å². The van der Waals surface area contributed by atoms with Gasteiger partial charge in [-0.2, -0.15) is 0 Å². The van der Waals surface area contributed by atoms with Crippen molar-refractivity contribution in [2.45, 2.75) is 45.7 Å². The normalized spacial score (nSPS) is 15.5. The van der Waals surface area contributed by atoms with Gasteiger partial charge in [0.1, 0.15) is 17.3 Å². The first-order valence-electron chi connectivity index (χ1n) is 7.20. The predicted molar refractivity (Wildman–Crippen MR) is 78.9 cm³/mol. The number of halogens is 2. The highest BCUT2D eigenvalue weighted by atomic mass is 19.1. The van der Waals surface area contributed by atoms with Crippen molar-refractivity contribution >= 4 is 5.69 Å². The SMILES string of the molecule is CN(CC1CC1)c1c(F)cc(CNC(C)(C)C)cc1F. The van der Waals surface area contributed by atoms with Crippen molar-refractivity contribution in [3.63, 3.8) is 0 Å². The summed E-state index contributed by atoms with van der Waals surface area (Å²) in [7, 11) is 1.76. The van der Waals surface area contributed by atoms with E-state index in [-0.39, 0.29) is 11.2 Å². The molecule has 1 saturated carbocycles. The molecule has 1 aromatic rings. The lowest BCUT2D eigenvalue weighted by Gasteiger charge is -2.23. The second-order valence-electron chi connectivity index (χ2n) is 6.84. The van der Waals surface area contributed by atoms with Gasteiger partial charge < -0.3 is 10.2 Å². The monoisotopic (exact) mass is 282 g/mol. The summed E-state index contributed by atoms with van der Waals surface area (Å²) in [5, 5.41) is 3.24. The van der Waals surface area contributed by atoms with Crippen LogP contribution >= 0.6 is 0 Å². The van der Waals surface area contributed by atoms with Crippen LogP contribution in [0, 0.1) is 17.6 Å². The molecule has 4 heteroatoms. The van der Waals surface area contributed by atoms with Gasteiger partial charge in [0.05, 0.1) is 0 Å². The Hall–Kier alpha value is -1.16. The second kappa shape index (κ2) is 5.68. The zero-order valence-corrected chi connectivity index (χ0v) is 12.8. The van der Waals surface area contributed by atoms with Crippen molar-refractivity contribution in [3.8, 4) is 0 Å². The van der Waals surface area contributed by atoms with E-state index < -0.39 is 11.6 Å². The first-order chi connectivity index (χ1) is 9.26. The standard InChI is InChI=1S/C16H24F2N2/c1-16(2,3)19-9-12-7-13(17)15(14(18)8-12)20(4)10-11-5-6-11/h7-8,11,19H,5-6,9-10H2,1-4H3. The summed E-state index contributed by atoms with van der Waals surface area (Å²) < 4.78 is 28.3. The number of benzene rings is 1. The Morgan fingerprint density at radius 3 is 2.20 bits per heavy atom. The minimum atomic E-state index is -0.473. The maximum absolute atomic E-state index is 14.1. The lowest BCUT2D eigenvalue weighted by Crippen LogP contribution is -2.35. The lowest BCUT2D eigenvalue weighted by atomic mass is 10.1. The van der Waals surface area contributed by atoms with E-state index in [0.717, 1.165) is 6.54 Å². The van der Waals surface area contributed by atoms with Gasteiger partial charge >= 0.3 is 0 Å². The molecule has 0 amide bonds. The molecule has 1 aliphatic rings. The molecule has 1 fully saturated rings. The van der Waals surface area contributed by atoms with Gasteiger partial charge in [0.15, 0.2) is 0 Å². The van der Waals surface area contributed by atoms with Gasteiger partial charge in [-0.3, -0.25) is 0 Å². The van der Waals surface area contributed by atoms with Crippen LogP contribution in [0.3, 0.4) is 0 Å². The summed E-state index contributed by atoms with van der Waals surface area (Å²) in [5.41, 5.74) is 0.656. The van der Waals surface area contributed by atoms with E-state index in [2.05, 4.69) is 5.32 Å². The summed E-state index contributed by atoms with van der Waals surface area (Å²) in [6.07, 6.45) is 2.34. The molecule has 0 saturated heterocycles. The molecule has 0 radical (unpaired) electrons. The molecule has 0 atom stereocenters. The van der Waals surface area contributed by atoms with Crippen molar-refractivity contribution in [1.29, 1.82) is 0 Å². The van der Waals surface area contributed by atoms with Crippen molar-refractivity contribution in [3.05, 3.63) is 29.3 Å². The molecule has 0 aliphatic heterocycles. The van der Waals surface area contributed by atoms with Crippen LogP contribution in [-0.2, 0) is 6.54 Å². The molecule has 0 heterocycles. The van der Waals surface area contributed by atoms with Crippen LogP contribution in [0.4, 0.5) is 14.5 Å². The maximum Gasteiger partial charge on any atom is 0.149 e. The first-order valence-corrected chi connectivity index (χ1v) is 7.20. The van der Waals surface area contributed by atoms with Gasteiger partial charge in [-0.25, -0.2) is 8.78 Å². The summed E-state index contributed by atoms with van der Waals surface area (Å²) in [6.45, 7) is 7.27. The number of hydrogen-bond donors (Lipinski definition) is 1. The lowest BCUT2D eigenvalue weighted by molar-refractivity contribution is 0.422. The molecule has 1 aliphatic carbocycles. The number of rotatable bonds is 5. The number of hydrogen-bond acceptors (Lipinski definition) is 2. The topological polar surface area (TPSA) is 15.3 Å². The van der Waals surface area contributed by atoms with Crippen LogP contribution in [-0.4, -0.2) is 19.1 Å². The number of nitrogens with one attached hydrogen (secondary N) is 1. The summed E-state index contributed by atoms with van der Waals surface area (Å²) >= 11 is 0. The second-order valence-corrected chi connectivity index (χ2v) is 6.84. The third-order valence-corrected chi connectivity index (χ3v) is 3.51. The maximum atomic E-state index is 14.1. The van der Waals surface area contributed by atoms with Crippen LogP contribution in [0.1, 0.15) is 39.2 Å². The van der Waals surface area contributed by atoms with Crippen molar-refractivity contribution in [1.82, 2.24) is 5.32 Å². The zero-order valence-electron chi connectivity index (χ0n) is 12.8. The summed E-state index contributed by atoms with van der Waals surface area (Å²) in [4.78, 5) is 1.70. The van der Waals surface area contributed by atoms with Gasteiger partial charge in [-0.05, 0) is 57.2 Å². The van der Waals surface area contributed by atoms with Crippen LogP contribution in [0.25, 0.3) is 0 Å². The van der Waals surface area contributed by atoms with Crippen LogP contribution < -0.4 is 10.2 Å². The predicted octanol–water partition coefficient (Wildman–Crippen LogP) is 3.70. The van der Waals surface area contributed by atoms with Gasteiger partial charge in [-0.1, -0.05) is 0 Å². The molecule has 1 N–H and O–H groups in total. The first kappa shape index (κ1) is 15.2. The minimum absolute atomic E-state index is 0.0750. The van der Waals surface area contributed by atoms with Gasteiger partial charge in [-0.15, -0.1) is 0 Å². The Morgan fingerprint density at radius 2 is 1.75 bits per heavy atom. The molecule has 0 spiro atoms. The van der Waals surface area contributed by atoms with Crippen molar-refractivity contribution in [2.75, 3.05) is 18.5 Å². The van der Waals surface area contributed by atoms with E-state index in [0.29, 0.717) is 18.0 Å². The summed E-state index contributed by atoms with van der Waals surface area (Å²) in [6, 6.07) is 2.86. The molecule has 0 bridgehead atoms. The van der Waals surface area contributed by atoms with E-state index in [1.165, 1.54) is 25.0 Å². The van der Waals surface area contributed by atoms with E-state index in [1.54, 1.807) is 11.9 Å². The molecule has 1 aromatic carbocycles. The average molecular weight is 282 g/mol. The Balaban J connectivity index is 2.11. The third kappa shape index (κ3) is 4.17. The van der Waals surface area contributed by atoms with E-state index in [1.807, 2.05) is 20.8 Å². The van der Waals surface area contributed by atoms with Crippen molar-refractivity contribution < 1.29 is 8.78 Å². The van der Waals surface area contributed by atoms with Crippen molar-refractivity contribution in [2.24, 2.45) is 5.92 Å². The number of anilines is 1. The molecule has 2 nitrogen and oxygen atoms in total. The van der Waals surface area contributed by atoms with Gasteiger partial charge in [0.25, 0.3) is 0 Å². The molecule has 112 valence electrons. The highest BCUT2D eigenvalue weighted by molar-refractivity contribution is 5.50. The smallest absolute Gasteiger partial charge is 0.149 e. The molecular weight excluding hydrogens is 258 g/mol. The van der Waals surface area contributed by atoms with Crippen LogP contribution in [0.15, 0.2) is 12.1 Å². The molecule has 20 heavy (non-hydrogen) atoms. The zero-order chi connectivity index (χ0) is 14.9. The fraction of sp³-hybridized carbons (Fsp3) is 0.625. The number of nitrogens with zero attached hydrogens (tertiary/aromatic N) is 1. The Kier molecular flexibility index (Phi) is 4.33. The molecule has 2 rings (SSSR count). The highest BCUT2D eigenvalue weighted by Gasteiger charge is 2.25. The van der Waals surface area contributed by atoms with Crippen LogP contribution in [0.2, 0.25) is 0 Å². The largest absolute Gasteiger partial charge is 0.370 e. The van der Waals surface area contributed by atoms with E-state index >= 15 is 0 Å². The Bertz CT molecular complexity index is 453.